The van der Waals surface area contributed by atoms with E-state index in [0.717, 1.165) is 5.02 Å². The zero-order valence-corrected chi connectivity index (χ0v) is 12.7. The fourth-order valence-electron chi connectivity index (χ4n) is 1.82. The lowest BCUT2D eigenvalue weighted by Crippen LogP contribution is -1.88. The van der Waals surface area contributed by atoms with E-state index in [0.29, 0.717) is 0 Å². The average Bonchev–Trinajstić information content (AvgIpc) is 2.94. The molecule has 0 N–H and O–H groups in total. The van der Waals surface area contributed by atoms with Gasteiger partial charge in [0.2, 0.25) is 0 Å². The van der Waals surface area contributed by atoms with Crippen LogP contribution in [0.25, 0.3) is 10.1 Å². The summed E-state index contributed by atoms with van der Waals surface area (Å²) in [5.41, 5.74) is 1.30. The molecule has 0 aliphatic heterocycles. The summed E-state index contributed by atoms with van der Waals surface area (Å²) in [5, 5.41) is 6.39. The molecule has 86 valence electrons. The van der Waals surface area contributed by atoms with Gasteiger partial charge in [0.05, 0.1) is 9.85 Å². The van der Waals surface area contributed by atoms with Crippen molar-refractivity contribution >= 4 is 60.3 Å². The number of hydrogen-bond acceptors (Lipinski definition) is 2. The van der Waals surface area contributed by atoms with E-state index in [9.17, 15) is 0 Å². The maximum absolute atomic E-state index is 6.19. The lowest BCUT2D eigenvalue weighted by molar-refractivity contribution is 1.27. The summed E-state index contributed by atoms with van der Waals surface area (Å²) in [4.78, 5) is 1.36. The summed E-state index contributed by atoms with van der Waals surface area (Å²) in [7, 11) is 0. The molecule has 2 heterocycles. The van der Waals surface area contributed by atoms with Gasteiger partial charge in [0.1, 0.15) is 0 Å². The minimum atomic E-state index is 0.186. The van der Waals surface area contributed by atoms with Crippen LogP contribution in [0.5, 0.6) is 0 Å². The second-order valence-electron chi connectivity index (χ2n) is 3.68. The molecule has 0 saturated heterocycles. The average molecular weight is 344 g/mol. The van der Waals surface area contributed by atoms with Gasteiger partial charge in [0.25, 0.3) is 0 Å². The predicted octanol–water partition coefficient (Wildman–Crippen LogP) is 6.10. The summed E-state index contributed by atoms with van der Waals surface area (Å²) in [6.07, 6.45) is 0. The Bertz CT molecular complexity index is 656. The first-order valence-electron chi connectivity index (χ1n) is 5.10. The van der Waals surface area contributed by atoms with Gasteiger partial charge in [0.15, 0.2) is 0 Å². The van der Waals surface area contributed by atoms with Crippen molar-refractivity contribution in [3.8, 4) is 0 Å². The zero-order valence-electron chi connectivity index (χ0n) is 8.69. The zero-order chi connectivity index (χ0) is 11.8. The largest absolute Gasteiger partial charge is 0.146 e. The monoisotopic (exact) mass is 342 g/mol. The molecule has 3 aromatic rings. The van der Waals surface area contributed by atoms with Crippen molar-refractivity contribution in [2.45, 2.75) is 4.83 Å². The lowest BCUT2D eigenvalue weighted by atomic mass is 10.1. The van der Waals surface area contributed by atoms with E-state index in [1.165, 1.54) is 20.5 Å². The fraction of sp³-hybridized carbons (Fsp3) is 0.0769. The molecule has 0 amide bonds. The van der Waals surface area contributed by atoms with E-state index in [2.05, 4.69) is 45.6 Å². The molecule has 0 nitrogen and oxygen atoms in total. The van der Waals surface area contributed by atoms with E-state index < -0.39 is 0 Å². The number of thiophene rings is 2. The van der Waals surface area contributed by atoms with Crippen LogP contribution < -0.4 is 0 Å². The van der Waals surface area contributed by atoms with Crippen molar-refractivity contribution in [2.75, 3.05) is 0 Å². The smallest absolute Gasteiger partial charge is 0.0767 e. The Labute approximate surface area is 121 Å². The maximum atomic E-state index is 6.19. The van der Waals surface area contributed by atoms with Gasteiger partial charge >= 0.3 is 0 Å². The van der Waals surface area contributed by atoms with E-state index in [-0.39, 0.29) is 4.83 Å². The highest BCUT2D eigenvalue weighted by atomic mass is 79.9. The Morgan fingerprint density at radius 3 is 2.71 bits per heavy atom. The maximum Gasteiger partial charge on any atom is 0.0767 e. The van der Waals surface area contributed by atoms with Crippen LogP contribution in [0.1, 0.15) is 15.3 Å². The predicted molar refractivity (Wildman–Crippen MR) is 81.9 cm³/mol. The molecule has 2 aromatic heterocycles. The number of hydrogen-bond donors (Lipinski definition) is 0. The van der Waals surface area contributed by atoms with Crippen molar-refractivity contribution in [1.82, 2.24) is 0 Å². The Balaban J connectivity index is 2.13. The van der Waals surface area contributed by atoms with Crippen LogP contribution in [0.2, 0.25) is 5.02 Å². The van der Waals surface area contributed by atoms with Crippen LogP contribution in [0, 0.1) is 0 Å². The molecular formula is C13H8BrClS2. The molecular weight excluding hydrogens is 336 g/mol. The van der Waals surface area contributed by atoms with Gasteiger partial charge in [-0.3, -0.25) is 0 Å². The van der Waals surface area contributed by atoms with Gasteiger partial charge in [-0.25, -0.2) is 0 Å². The number of rotatable bonds is 2. The lowest BCUT2D eigenvalue weighted by Gasteiger charge is -2.07. The van der Waals surface area contributed by atoms with Crippen LogP contribution in [0.3, 0.4) is 0 Å². The first-order chi connectivity index (χ1) is 8.27. The molecule has 0 saturated carbocycles. The third kappa shape index (κ3) is 2.06. The van der Waals surface area contributed by atoms with Crippen LogP contribution in [-0.4, -0.2) is 0 Å². The minimum Gasteiger partial charge on any atom is -0.146 e. The Hall–Kier alpha value is -0.350. The van der Waals surface area contributed by atoms with Gasteiger partial charge in [-0.1, -0.05) is 45.7 Å². The summed E-state index contributed by atoms with van der Waals surface area (Å²) >= 11 is 13.4. The highest BCUT2D eigenvalue weighted by molar-refractivity contribution is 9.09. The number of fused-ring (bicyclic) bond motifs is 1. The van der Waals surface area contributed by atoms with Crippen LogP contribution in [0.4, 0.5) is 0 Å². The van der Waals surface area contributed by atoms with Gasteiger partial charge in [-0.15, -0.1) is 22.7 Å². The fourth-order valence-corrected chi connectivity index (χ4v) is 5.22. The molecule has 0 spiro atoms. The number of alkyl halides is 1. The van der Waals surface area contributed by atoms with E-state index >= 15 is 0 Å². The standard InChI is InChI=1S/C13H8BrClS2/c14-12(13-10(15)5-6-16-13)9-7-17-11-4-2-1-3-8(9)11/h1-7,12H. The topological polar surface area (TPSA) is 0 Å². The second kappa shape index (κ2) is 4.73. The highest BCUT2D eigenvalue weighted by Crippen LogP contribution is 2.43. The minimum absolute atomic E-state index is 0.186. The van der Waals surface area contributed by atoms with Crippen molar-refractivity contribution in [3.05, 3.63) is 56.6 Å². The number of halogens is 2. The molecule has 0 fully saturated rings. The Morgan fingerprint density at radius 1 is 1.12 bits per heavy atom. The van der Waals surface area contributed by atoms with Crippen molar-refractivity contribution in [3.63, 3.8) is 0 Å². The molecule has 4 heteroatoms. The normalized spacial score (nSPS) is 13.1. The molecule has 1 aromatic carbocycles. The first-order valence-corrected chi connectivity index (χ1v) is 8.16. The molecule has 3 rings (SSSR count). The summed E-state index contributed by atoms with van der Waals surface area (Å²) < 4.78 is 1.32. The highest BCUT2D eigenvalue weighted by Gasteiger charge is 2.18. The van der Waals surface area contributed by atoms with Gasteiger partial charge in [-0.05, 0) is 33.8 Å². The molecule has 1 unspecified atom stereocenters. The molecule has 0 aliphatic rings. The third-order valence-corrected chi connectivity index (χ3v) is 6.32. The summed E-state index contributed by atoms with van der Waals surface area (Å²) in [5.74, 6) is 0. The van der Waals surface area contributed by atoms with E-state index in [1.807, 2.05) is 11.4 Å². The Kier molecular flexibility index (Phi) is 3.26. The quantitative estimate of drug-likeness (QED) is 0.493. The van der Waals surface area contributed by atoms with Crippen LogP contribution in [0.15, 0.2) is 41.1 Å². The molecule has 0 bridgehead atoms. The molecule has 17 heavy (non-hydrogen) atoms. The summed E-state index contributed by atoms with van der Waals surface area (Å²) in [6.45, 7) is 0. The van der Waals surface area contributed by atoms with E-state index in [1.54, 1.807) is 22.7 Å². The number of benzene rings is 1. The van der Waals surface area contributed by atoms with E-state index in [4.69, 9.17) is 11.6 Å². The van der Waals surface area contributed by atoms with Crippen LogP contribution in [-0.2, 0) is 0 Å². The first kappa shape index (κ1) is 11.7. The molecule has 0 aliphatic carbocycles. The SMILES string of the molecule is Clc1ccsc1C(Br)c1csc2ccccc12. The third-order valence-electron chi connectivity index (χ3n) is 2.66. The van der Waals surface area contributed by atoms with Crippen molar-refractivity contribution in [2.24, 2.45) is 0 Å². The van der Waals surface area contributed by atoms with Gasteiger partial charge < -0.3 is 0 Å². The van der Waals surface area contributed by atoms with Crippen molar-refractivity contribution < 1.29 is 0 Å². The molecule has 0 radical (unpaired) electrons. The van der Waals surface area contributed by atoms with Gasteiger partial charge in [0, 0.05) is 9.58 Å². The Morgan fingerprint density at radius 2 is 1.94 bits per heavy atom. The van der Waals surface area contributed by atoms with Crippen molar-refractivity contribution in [1.29, 1.82) is 0 Å². The second-order valence-corrected chi connectivity index (χ2v) is 6.86. The summed E-state index contributed by atoms with van der Waals surface area (Å²) in [6, 6.07) is 10.4. The molecule has 1 atom stereocenters. The van der Waals surface area contributed by atoms with Gasteiger partial charge in [-0.2, -0.15) is 0 Å². The van der Waals surface area contributed by atoms with Crippen LogP contribution >= 0.6 is 50.2 Å².